The van der Waals surface area contributed by atoms with Gasteiger partial charge in [0.1, 0.15) is 0 Å². The Morgan fingerprint density at radius 2 is 2.00 bits per heavy atom. The molecule has 0 saturated carbocycles. The molecule has 0 saturated heterocycles. The Balaban J connectivity index is 2.13. The molecule has 0 radical (unpaired) electrons. The first-order valence-corrected chi connectivity index (χ1v) is 6.08. The van der Waals surface area contributed by atoms with Crippen LogP contribution in [0.25, 0.3) is 0 Å². The second-order valence-corrected chi connectivity index (χ2v) is 4.53. The van der Waals surface area contributed by atoms with Crippen molar-refractivity contribution in [3.63, 3.8) is 0 Å². The molecular formula is C14H18N4. The zero-order chi connectivity index (χ0) is 13.0. The molecule has 4 heteroatoms. The van der Waals surface area contributed by atoms with Crippen molar-refractivity contribution in [2.75, 3.05) is 5.32 Å². The van der Waals surface area contributed by atoms with E-state index < -0.39 is 0 Å². The van der Waals surface area contributed by atoms with Gasteiger partial charge in [-0.3, -0.25) is 0 Å². The van der Waals surface area contributed by atoms with Crippen molar-refractivity contribution in [3.8, 4) is 0 Å². The first-order valence-electron chi connectivity index (χ1n) is 6.08. The number of nitrogens with two attached hydrogens (primary N) is 1. The van der Waals surface area contributed by atoms with E-state index in [1.807, 2.05) is 36.4 Å². The third kappa shape index (κ3) is 3.05. The molecule has 94 valence electrons. The summed E-state index contributed by atoms with van der Waals surface area (Å²) in [6.45, 7) is 4.73. The highest BCUT2D eigenvalue weighted by Crippen LogP contribution is 2.17. The molecule has 2 rings (SSSR count). The molecule has 0 spiro atoms. The van der Waals surface area contributed by atoms with Gasteiger partial charge in [-0.1, -0.05) is 26.0 Å². The van der Waals surface area contributed by atoms with Crippen molar-refractivity contribution in [3.05, 3.63) is 47.7 Å². The van der Waals surface area contributed by atoms with E-state index in [0.717, 1.165) is 22.8 Å². The normalized spacial score (nSPS) is 10.7. The average molecular weight is 242 g/mol. The van der Waals surface area contributed by atoms with Crippen LogP contribution in [0.15, 0.2) is 36.4 Å². The van der Waals surface area contributed by atoms with E-state index in [1.165, 1.54) is 0 Å². The minimum atomic E-state index is 0.395. The van der Waals surface area contributed by atoms with Crippen LogP contribution in [0.1, 0.15) is 31.0 Å². The van der Waals surface area contributed by atoms with Gasteiger partial charge in [0.25, 0.3) is 0 Å². The van der Waals surface area contributed by atoms with Crippen molar-refractivity contribution < 1.29 is 0 Å². The van der Waals surface area contributed by atoms with Crippen LogP contribution in [-0.2, 0) is 6.54 Å². The summed E-state index contributed by atoms with van der Waals surface area (Å²) in [4.78, 5) is 0. The zero-order valence-electron chi connectivity index (χ0n) is 10.7. The summed E-state index contributed by atoms with van der Waals surface area (Å²) in [5.74, 6) is 1.14. The van der Waals surface area contributed by atoms with Crippen LogP contribution in [0.4, 0.5) is 11.5 Å². The minimum absolute atomic E-state index is 0.395. The SMILES string of the molecule is CC(C)c1ccc(Nc2cccc(CN)c2)nn1. The molecule has 0 aliphatic heterocycles. The molecule has 0 unspecified atom stereocenters. The molecule has 0 fully saturated rings. The lowest BCUT2D eigenvalue weighted by molar-refractivity contribution is 0.787. The van der Waals surface area contributed by atoms with E-state index in [2.05, 4.69) is 29.4 Å². The number of aromatic nitrogens is 2. The van der Waals surface area contributed by atoms with Crippen LogP contribution in [0.5, 0.6) is 0 Å². The number of hydrogen-bond donors (Lipinski definition) is 2. The Kier molecular flexibility index (Phi) is 3.89. The van der Waals surface area contributed by atoms with Gasteiger partial charge in [-0.15, -0.1) is 5.10 Å². The van der Waals surface area contributed by atoms with Gasteiger partial charge in [0.05, 0.1) is 5.69 Å². The third-order valence-electron chi connectivity index (χ3n) is 2.71. The lowest BCUT2D eigenvalue weighted by atomic mass is 10.1. The number of rotatable bonds is 4. The summed E-state index contributed by atoms with van der Waals surface area (Å²) in [5.41, 5.74) is 8.67. The number of anilines is 2. The topological polar surface area (TPSA) is 63.8 Å². The summed E-state index contributed by atoms with van der Waals surface area (Å²) in [7, 11) is 0. The average Bonchev–Trinajstić information content (AvgIpc) is 2.39. The fourth-order valence-electron chi connectivity index (χ4n) is 1.64. The van der Waals surface area contributed by atoms with Crippen LogP contribution in [-0.4, -0.2) is 10.2 Å². The van der Waals surface area contributed by atoms with Gasteiger partial charge in [-0.05, 0) is 35.7 Å². The number of nitrogens with one attached hydrogen (secondary N) is 1. The van der Waals surface area contributed by atoms with Gasteiger partial charge in [-0.2, -0.15) is 5.10 Å². The minimum Gasteiger partial charge on any atom is -0.339 e. The largest absolute Gasteiger partial charge is 0.339 e. The first kappa shape index (κ1) is 12.5. The quantitative estimate of drug-likeness (QED) is 0.865. The Morgan fingerprint density at radius 3 is 2.61 bits per heavy atom. The number of benzene rings is 1. The van der Waals surface area contributed by atoms with Crippen molar-refractivity contribution in [1.29, 1.82) is 0 Å². The zero-order valence-corrected chi connectivity index (χ0v) is 10.7. The van der Waals surface area contributed by atoms with Crippen LogP contribution < -0.4 is 11.1 Å². The highest BCUT2D eigenvalue weighted by molar-refractivity contribution is 5.56. The fraction of sp³-hybridized carbons (Fsp3) is 0.286. The van der Waals surface area contributed by atoms with Gasteiger partial charge < -0.3 is 11.1 Å². The van der Waals surface area contributed by atoms with E-state index in [4.69, 9.17) is 5.73 Å². The van der Waals surface area contributed by atoms with E-state index in [0.29, 0.717) is 12.5 Å². The monoisotopic (exact) mass is 242 g/mol. The lowest BCUT2D eigenvalue weighted by Gasteiger charge is -2.08. The summed E-state index contributed by atoms with van der Waals surface area (Å²) in [6.07, 6.45) is 0. The van der Waals surface area contributed by atoms with E-state index in [9.17, 15) is 0 Å². The van der Waals surface area contributed by atoms with Gasteiger partial charge in [0.2, 0.25) is 0 Å². The second kappa shape index (κ2) is 5.60. The molecule has 0 aliphatic carbocycles. The van der Waals surface area contributed by atoms with E-state index in [-0.39, 0.29) is 0 Å². The Morgan fingerprint density at radius 1 is 1.17 bits per heavy atom. The molecule has 2 aromatic rings. The van der Waals surface area contributed by atoms with Gasteiger partial charge >= 0.3 is 0 Å². The number of nitrogens with zero attached hydrogens (tertiary/aromatic N) is 2. The molecule has 1 aromatic heterocycles. The standard InChI is InChI=1S/C14H18N4/c1-10(2)13-6-7-14(18-17-13)16-12-5-3-4-11(8-12)9-15/h3-8,10H,9,15H2,1-2H3,(H,16,18). The summed E-state index contributed by atoms with van der Waals surface area (Å²) in [6, 6.07) is 11.9. The molecule has 4 nitrogen and oxygen atoms in total. The molecule has 1 heterocycles. The smallest absolute Gasteiger partial charge is 0.153 e. The molecular weight excluding hydrogens is 224 g/mol. The maximum absolute atomic E-state index is 5.61. The maximum atomic E-state index is 5.61. The van der Waals surface area contributed by atoms with Crippen LogP contribution in [0.3, 0.4) is 0 Å². The van der Waals surface area contributed by atoms with Gasteiger partial charge in [0, 0.05) is 12.2 Å². The van der Waals surface area contributed by atoms with Crippen molar-refractivity contribution >= 4 is 11.5 Å². The van der Waals surface area contributed by atoms with Crippen LogP contribution in [0.2, 0.25) is 0 Å². The first-order chi connectivity index (χ1) is 8.69. The molecule has 3 N–H and O–H groups in total. The molecule has 1 aromatic carbocycles. The summed E-state index contributed by atoms with van der Waals surface area (Å²) >= 11 is 0. The molecule has 0 aliphatic rings. The highest BCUT2D eigenvalue weighted by atomic mass is 15.2. The van der Waals surface area contributed by atoms with Crippen molar-refractivity contribution in [2.45, 2.75) is 26.3 Å². The Labute approximate surface area is 107 Å². The van der Waals surface area contributed by atoms with Gasteiger partial charge in [-0.25, -0.2) is 0 Å². The van der Waals surface area contributed by atoms with Crippen LogP contribution in [0, 0.1) is 0 Å². The van der Waals surface area contributed by atoms with Crippen molar-refractivity contribution in [1.82, 2.24) is 10.2 Å². The van der Waals surface area contributed by atoms with Gasteiger partial charge in [0.15, 0.2) is 5.82 Å². The lowest BCUT2D eigenvalue weighted by Crippen LogP contribution is -2.01. The molecule has 18 heavy (non-hydrogen) atoms. The van der Waals surface area contributed by atoms with Crippen molar-refractivity contribution in [2.24, 2.45) is 5.73 Å². The van der Waals surface area contributed by atoms with E-state index in [1.54, 1.807) is 0 Å². The van der Waals surface area contributed by atoms with Crippen LogP contribution >= 0.6 is 0 Å². The van der Waals surface area contributed by atoms with E-state index >= 15 is 0 Å². The Hall–Kier alpha value is -1.94. The second-order valence-electron chi connectivity index (χ2n) is 4.53. The summed E-state index contributed by atoms with van der Waals surface area (Å²) in [5, 5.41) is 11.6. The number of hydrogen-bond acceptors (Lipinski definition) is 4. The molecule has 0 amide bonds. The summed E-state index contributed by atoms with van der Waals surface area (Å²) < 4.78 is 0. The fourth-order valence-corrected chi connectivity index (χ4v) is 1.64. The predicted molar refractivity (Wildman–Crippen MR) is 73.7 cm³/mol. The molecule has 0 bridgehead atoms. The third-order valence-corrected chi connectivity index (χ3v) is 2.71. The predicted octanol–water partition coefficient (Wildman–Crippen LogP) is 2.80. The highest BCUT2D eigenvalue weighted by Gasteiger charge is 2.02. The Bertz CT molecular complexity index is 505. The maximum Gasteiger partial charge on any atom is 0.153 e. The molecule has 0 atom stereocenters.